The van der Waals surface area contributed by atoms with Crippen LogP contribution in [0.15, 0.2) is 48.7 Å². The van der Waals surface area contributed by atoms with Gasteiger partial charge in [-0.05, 0) is 32.0 Å². The maximum atomic E-state index is 12.6. The number of carbonyl (C=O) groups excluding carboxylic acids is 1. The van der Waals surface area contributed by atoms with Crippen LogP contribution in [0.5, 0.6) is 5.88 Å². The fourth-order valence-corrected chi connectivity index (χ4v) is 2.21. The van der Waals surface area contributed by atoms with Gasteiger partial charge in [0.2, 0.25) is 11.8 Å². The molecule has 1 atom stereocenters. The van der Waals surface area contributed by atoms with E-state index < -0.39 is 0 Å². The van der Waals surface area contributed by atoms with Crippen LogP contribution in [0.4, 0.5) is 11.4 Å². The highest BCUT2D eigenvalue weighted by Crippen LogP contribution is 2.17. The number of benzene rings is 1. The first-order valence-electron chi connectivity index (χ1n) is 7.28. The minimum absolute atomic E-state index is 0.0181. The van der Waals surface area contributed by atoms with Crippen molar-refractivity contribution in [3.05, 3.63) is 48.7 Å². The maximum absolute atomic E-state index is 12.6. The summed E-state index contributed by atoms with van der Waals surface area (Å²) in [5.41, 5.74) is 1.68. The highest BCUT2D eigenvalue weighted by Gasteiger charge is 2.20. The second-order valence-corrected chi connectivity index (χ2v) is 4.87. The zero-order valence-electron chi connectivity index (χ0n) is 13.1. The largest absolute Gasteiger partial charge is 0.481 e. The molecule has 0 bridgehead atoms. The van der Waals surface area contributed by atoms with E-state index in [0.717, 1.165) is 11.4 Å². The summed E-state index contributed by atoms with van der Waals surface area (Å²) in [4.78, 5) is 18.5. The minimum atomic E-state index is -0.352. The number of nitrogens with one attached hydrogen (secondary N) is 1. The first kappa shape index (κ1) is 15.8. The van der Waals surface area contributed by atoms with Gasteiger partial charge in [-0.1, -0.05) is 18.2 Å². The van der Waals surface area contributed by atoms with Gasteiger partial charge in [-0.25, -0.2) is 4.98 Å². The number of hydrogen-bond acceptors (Lipinski definition) is 4. The number of methoxy groups -OCH3 is 1. The number of carbonyl (C=O) groups is 1. The lowest BCUT2D eigenvalue weighted by atomic mass is 10.2. The van der Waals surface area contributed by atoms with Gasteiger partial charge in [-0.2, -0.15) is 0 Å². The Labute approximate surface area is 130 Å². The quantitative estimate of drug-likeness (QED) is 0.891. The summed E-state index contributed by atoms with van der Waals surface area (Å²) in [6.07, 6.45) is 1.65. The van der Waals surface area contributed by atoms with Crippen molar-refractivity contribution < 1.29 is 9.53 Å². The van der Waals surface area contributed by atoms with E-state index in [1.54, 1.807) is 24.3 Å². The molecule has 5 nitrogen and oxygen atoms in total. The van der Waals surface area contributed by atoms with Crippen LogP contribution in [-0.2, 0) is 4.79 Å². The summed E-state index contributed by atoms with van der Waals surface area (Å²) in [5.74, 6) is 0.563. The van der Waals surface area contributed by atoms with Gasteiger partial charge in [-0.3, -0.25) is 4.79 Å². The molecule has 5 heteroatoms. The normalized spacial score (nSPS) is 11.6. The number of rotatable bonds is 6. The molecular formula is C17H21N3O2. The second-order valence-electron chi connectivity index (χ2n) is 4.87. The predicted molar refractivity (Wildman–Crippen MR) is 88.3 cm³/mol. The molecular weight excluding hydrogens is 278 g/mol. The van der Waals surface area contributed by atoms with Crippen LogP contribution in [0.1, 0.15) is 13.8 Å². The van der Waals surface area contributed by atoms with Crippen LogP contribution < -0.4 is 15.0 Å². The minimum Gasteiger partial charge on any atom is -0.481 e. The molecule has 1 unspecified atom stereocenters. The Morgan fingerprint density at radius 3 is 2.55 bits per heavy atom. The number of pyridine rings is 1. The highest BCUT2D eigenvalue weighted by molar-refractivity contribution is 5.98. The Hall–Kier alpha value is -2.56. The zero-order valence-corrected chi connectivity index (χ0v) is 13.1. The van der Waals surface area contributed by atoms with Gasteiger partial charge >= 0.3 is 0 Å². The number of amides is 1. The van der Waals surface area contributed by atoms with E-state index in [1.165, 1.54) is 0 Å². The molecule has 1 amide bonds. The summed E-state index contributed by atoms with van der Waals surface area (Å²) in [5, 5.41) is 3.17. The summed E-state index contributed by atoms with van der Waals surface area (Å²) in [6.45, 7) is 4.43. The summed E-state index contributed by atoms with van der Waals surface area (Å²) in [7, 11) is 1.57. The predicted octanol–water partition coefficient (Wildman–Crippen LogP) is 2.94. The Kier molecular flexibility index (Phi) is 5.36. The third-order valence-corrected chi connectivity index (χ3v) is 3.35. The molecule has 116 valence electrons. The van der Waals surface area contributed by atoms with E-state index in [-0.39, 0.29) is 11.9 Å². The van der Waals surface area contributed by atoms with E-state index in [2.05, 4.69) is 10.3 Å². The molecule has 1 N–H and O–H groups in total. The average Bonchev–Trinajstić information content (AvgIpc) is 2.57. The van der Waals surface area contributed by atoms with Crippen LogP contribution in [0.25, 0.3) is 0 Å². The molecule has 0 aliphatic carbocycles. The number of aromatic nitrogens is 1. The molecule has 0 radical (unpaired) electrons. The molecule has 1 aromatic heterocycles. The van der Waals surface area contributed by atoms with Gasteiger partial charge in [-0.15, -0.1) is 0 Å². The zero-order chi connectivity index (χ0) is 15.9. The van der Waals surface area contributed by atoms with Crippen LogP contribution in [0, 0.1) is 0 Å². The first-order valence-corrected chi connectivity index (χ1v) is 7.28. The molecule has 22 heavy (non-hydrogen) atoms. The number of hydrogen-bond donors (Lipinski definition) is 1. The molecule has 2 aromatic rings. The Morgan fingerprint density at radius 1 is 1.27 bits per heavy atom. The molecule has 2 rings (SSSR count). The van der Waals surface area contributed by atoms with Gasteiger partial charge in [0, 0.05) is 18.3 Å². The van der Waals surface area contributed by atoms with Gasteiger partial charge in [0.1, 0.15) is 6.04 Å². The number of para-hydroxylation sites is 1. The molecule has 0 saturated carbocycles. The molecule has 0 aliphatic heterocycles. The molecule has 0 fully saturated rings. The first-order chi connectivity index (χ1) is 10.7. The lowest BCUT2D eigenvalue weighted by Gasteiger charge is -2.25. The van der Waals surface area contributed by atoms with Crippen LogP contribution in [0.3, 0.4) is 0 Å². The standard InChI is InChI=1S/C17H21N3O2/c1-4-20(15-8-6-5-7-9-15)17(21)13(2)19-14-10-11-16(22-3)18-12-14/h5-13,19H,4H2,1-3H3. The van der Waals surface area contributed by atoms with E-state index in [4.69, 9.17) is 4.74 Å². The van der Waals surface area contributed by atoms with Crippen LogP contribution in [0.2, 0.25) is 0 Å². The van der Waals surface area contributed by atoms with Gasteiger partial charge < -0.3 is 15.0 Å². The smallest absolute Gasteiger partial charge is 0.249 e. The average molecular weight is 299 g/mol. The molecule has 0 spiro atoms. The number of anilines is 2. The van der Waals surface area contributed by atoms with Crippen molar-refractivity contribution in [1.29, 1.82) is 0 Å². The van der Waals surface area contributed by atoms with Crippen LogP contribution >= 0.6 is 0 Å². The second kappa shape index (κ2) is 7.45. The van der Waals surface area contributed by atoms with Crippen molar-refractivity contribution in [2.75, 3.05) is 23.9 Å². The summed E-state index contributed by atoms with van der Waals surface area (Å²) < 4.78 is 5.02. The molecule has 1 heterocycles. The lowest BCUT2D eigenvalue weighted by Crippen LogP contribution is -2.41. The number of likely N-dealkylation sites (N-methyl/N-ethyl adjacent to an activating group) is 1. The van der Waals surface area contributed by atoms with Crippen molar-refractivity contribution in [3.63, 3.8) is 0 Å². The third kappa shape index (κ3) is 3.75. The maximum Gasteiger partial charge on any atom is 0.249 e. The fourth-order valence-electron chi connectivity index (χ4n) is 2.21. The Bertz CT molecular complexity index is 599. The van der Waals surface area contributed by atoms with Crippen LogP contribution in [-0.4, -0.2) is 30.6 Å². The van der Waals surface area contributed by atoms with Crippen molar-refractivity contribution >= 4 is 17.3 Å². The van der Waals surface area contributed by atoms with E-state index in [0.29, 0.717) is 12.4 Å². The number of ether oxygens (including phenoxy) is 1. The Balaban J connectivity index is 2.06. The monoisotopic (exact) mass is 299 g/mol. The Morgan fingerprint density at radius 2 is 2.00 bits per heavy atom. The summed E-state index contributed by atoms with van der Waals surface area (Å²) in [6, 6.07) is 12.9. The van der Waals surface area contributed by atoms with Gasteiger partial charge in [0.25, 0.3) is 0 Å². The van der Waals surface area contributed by atoms with Gasteiger partial charge in [0.15, 0.2) is 0 Å². The molecule has 1 aromatic carbocycles. The summed E-state index contributed by atoms with van der Waals surface area (Å²) >= 11 is 0. The highest BCUT2D eigenvalue weighted by atomic mass is 16.5. The van der Waals surface area contributed by atoms with E-state index in [1.807, 2.05) is 50.2 Å². The lowest BCUT2D eigenvalue weighted by molar-refractivity contribution is -0.119. The van der Waals surface area contributed by atoms with Crippen molar-refractivity contribution in [2.45, 2.75) is 19.9 Å². The van der Waals surface area contributed by atoms with Crippen molar-refractivity contribution in [1.82, 2.24) is 4.98 Å². The topological polar surface area (TPSA) is 54.5 Å². The third-order valence-electron chi connectivity index (χ3n) is 3.35. The molecule has 0 aliphatic rings. The number of nitrogens with zero attached hydrogens (tertiary/aromatic N) is 2. The fraction of sp³-hybridized carbons (Fsp3) is 0.294. The van der Waals surface area contributed by atoms with E-state index in [9.17, 15) is 4.79 Å². The van der Waals surface area contributed by atoms with Crippen molar-refractivity contribution in [2.24, 2.45) is 0 Å². The van der Waals surface area contributed by atoms with E-state index >= 15 is 0 Å². The van der Waals surface area contributed by atoms with Crippen molar-refractivity contribution in [3.8, 4) is 5.88 Å². The SMILES string of the molecule is CCN(C(=O)C(C)Nc1ccc(OC)nc1)c1ccccc1. The molecule has 0 saturated heterocycles. The van der Waals surface area contributed by atoms with Gasteiger partial charge in [0.05, 0.1) is 19.0 Å².